The molecule has 4 rings (SSSR count). The van der Waals surface area contributed by atoms with E-state index in [1.807, 2.05) is 6.26 Å². The summed E-state index contributed by atoms with van der Waals surface area (Å²) in [4.78, 5) is 34.9. The number of carboxylic acids is 3. The van der Waals surface area contributed by atoms with Crippen molar-refractivity contribution in [1.82, 2.24) is 14.7 Å². The molecule has 3 aliphatic heterocycles. The number of hydrogen-bond acceptors (Lipinski definition) is 7. The minimum Gasteiger partial charge on any atom is -0.475 e. The van der Waals surface area contributed by atoms with E-state index in [4.69, 9.17) is 34.1 Å². The smallest absolute Gasteiger partial charge is 0.475 e. The van der Waals surface area contributed by atoms with Crippen molar-refractivity contribution in [2.45, 2.75) is 82.7 Å². The third-order valence-corrected chi connectivity index (χ3v) is 7.14. The van der Waals surface area contributed by atoms with Gasteiger partial charge in [-0.2, -0.15) is 39.5 Å². The first-order chi connectivity index (χ1) is 20.5. The lowest BCUT2D eigenvalue weighted by atomic mass is 9.91. The minimum absolute atomic E-state index is 0.674. The van der Waals surface area contributed by atoms with E-state index in [2.05, 4.69) is 34.6 Å². The van der Waals surface area contributed by atoms with E-state index in [0.29, 0.717) is 6.04 Å². The number of halogens is 9. The molecule has 45 heavy (non-hydrogen) atoms. The van der Waals surface area contributed by atoms with Crippen LogP contribution in [-0.2, 0) is 20.9 Å². The van der Waals surface area contributed by atoms with E-state index >= 15 is 0 Å². The Balaban J connectivity index is 0.000000396. The Morgan fingerprint density at radius 3 is 1.69 bits per heavy atom. The predicted molar refractivity (Wildman–Crippen MR) is 138 cm³/mol. The highest BCUT2D eigenvalue weighted by atomic mass is 19.4. The zero-order chi connectivity index (χ0) is 34.8. The van der Waals surface area contributed by atoms with Crippen molar-refractivity contribution in [1.29, 1.82) is 0 Å². The predicted octanol–water partition coefficient (Wildman–Crippen LogP) is 4.95. The lowest BCUT2D eigenvalue weighted by molar-refractivity contribution is -0.193. The van der Waals surface area contributed by atoms with E-state index in [-0.39, 0.29) is 0 Å². The molecule has 260 valence electrons. The quantitative estimate of drug-likeness (QED) is 0.369. The van der Waals surface area contributed by atoms with Gasteiger partial charge in [-0.15, -0.1) is 0 Å². The van der Waals surface area contributed by atoms with Crippen LogP contribution in [0.25, 0.3) is 0 Å². The van der Waals surface area contributed by atoms with Crippen molar-refractivity contribution in [2.24, 2.45) is 5.92 Å². The van der Waals surface area contributed by atoms with Crippen LogP contribution in [-0.4, -0.2) is 117 Å². The molecule has 3 N–H and O–H groups in total. The summed E-state index contributed by atoms with van der Waals surface area (Å²) in [7, 11) is 0. The van der Waals surface area contributed by atoms with Gasteiger partial charge < -0.3 is 24.6 Å². The lowest BCUT2D eigenvalue weighted by Gasteiger charge is -2.41. The maximum Gasteiger partial charge on any atom is 0.490 e. The van der Waals surface area contributed by atoms with Gasteiger partial charge in [0.2, 0.25) is 0 Å². The number of rotatable bonds is 5. The highest BCUT2D eigenvalue weighted by Gasteiger charge is 2.45. The minimum atomic E-state index is -5.08. The Kier molecular flexibility index (Phi) is 15.1. The molecule has 0 spiro atoms. The maximum absolute atomic E-state index is 10.6. The number of alkyl halides is 9. The Bertz CT molecular complexity index is 1000. The molecule has 0 bridgehead atoms. The maximum atomic E-state index is 10.6. The lowest BCUT2D eigenvalue weighted by Crippen LogP contribution is -2.50. The van der Waals surface area contributed by atoms with Gasteiger partial charge in [0.1, 0.15) is 0 Å². The van der Waals surface area contributed by atoms with Gasteiger partial charge in [0.15, 0.2) is 0 Å². The van der Waals surface area contributed by atoms with Crippen LogP contribution in [0.2, 0.25) is 0 Å². The second-order valence-electron chi connectivity index (χ2n) is 10.8. The summed E-state index contributed by atoms with van der Waals surface area (Å²) >= 11 is 0. The number of hydrogen-bond donors (Lipinski definition) is 3. The van der Waals surface area contributed by atoms with Gasteiger partial charge in [0.25, 0.3) is 0 Å². The van der Waals surface area contributed by atoms with Crippen molar-refractivity contribution >= 4 is 17.9 Å². The second kappa shape index (κ2) is 17.0. The first-order valence-electron chi connectivity index (χ1n) is 13.7. The second-order valence-corrected chi connectivity index (χ2v) is 10.8. The van der Waals surface area contributed by atoms with E-state index in [9.17, 15) is 39.5 Å². The SMILES string of the molecule is CC(C)N1[C@H](CN2CCCC2)C[C@@H]2CN(Cc3ccoc3)CC[C@@H]21.O=C(O)C(F)(F)F.O=C(O)C(F)(F)F.O=C(O)C(F)(F)F. The average Bonchev–Trinajstić information content (AvgIpc) is 3.65. The Labute approximate surface area is 252 Å². The van der Waals surface area contributed by atoms with Gasteiger partial charge in [-0.3, -0.25) is 9.80 Å². The number of aliphatic carboxylic acids is 3. The summed E-state index contributed by atoms with van der Waals surface area (Å²) in [6, 6.07) is 4.36. The standard InChI is InChI=1S/C20H33N3O.3C2HF3O2/c1-16(2)23-19(14-21-7-3-4-8-21)11-18-13-22(9-5-20(18)23)12-17-6-10-24-15-17;3*3-2(4,5)1(6)7/h6,10,15-16,18-20H,3-5,7-9,11-14H2,1-2H3;3*(H,6,7)/t18-,19+,20+;;;/m1.../s1. The Morgan fingerprint density at radius 2 is 1.31 bits per heavy atom. The summed E-state index contributed by atoms with van der Waals surface area (Å²) in [6.07, 6.45) is -6.03. The average molecular weight is 674 g/mol. The van der Waals surface area contributed by atoms with Crippen LogP contribution < -0.4 is 0 Å². The third-order valence-electron chi connectivity index (χ3n) is 7.14. The van der Waals surface area contributed by atoms with Gasteiger partial charge in [-0.25, -0.2) is 14.4 Å². The first kappa shape index (κ1) is 40.0. The summed E-state index contributed by atoms with van der Waals surface area (Å²) in [5.41, 5.74) is 1.32. The molecule has 1 aromatic rings. The number of carbonyl (C=O) groups is 3. The fraction of sp³-hybridized carbons (Fsp3) is 0.731. The number of piperidine rings is 1. The van der Waals surface area contributed by atoms with Gasteiger partial charge in [-0.1, -0.05) is 0 Å². The van der Waals surface area contributed by atoms with Gasteiger partial charge in [-0.05, 0) is 71.1 Å². The molecule has 10 nitrogen and oxygen atoms in total. The third kappa shape index (κ3) is 14.3. The molecule has 0 aromatic carbocycles. The molecule has 3 aliphatic rings. The molecule has 0 radical (unpaired) electrons. The van der Waals surface area contributed by atoms with E-state index in [0.717, 1.165) is 24.5 Å². The summed E-state index contributed by atoms with van der Waals surface area (Å²) < 4.78 is 100. The molecule has 19 heteroatoms. The van der Waals surface area contributed by atoms with Crippen LogP contribution >= 0.6 is 0 Å². The zero-order valence-corrected chi connectivity index (χ0v) is 24.3. The summed E-state index contributed by atoms with van der Waals surface area (Å²) in [6.45, 7) is 12.3. The fourth-order valence-corrected chi connectivity index (χ4v) is 5.48. The largest absolute Gasteiger partial charge is 0.490 e. The first-order valence-corrected chi connectivity index (χ1v) is 13.7. The number of furan rings is 1. The molecular weight excluding hydrogens is 637 g/mol. The molecule has 0 amide bonds. The van der Waals surface area contributed by atoms with Crippen LogP contribution in [0.3, 0.4) is 0 Å². The van der Waals surface area contributed by atoms with Crippen LogP contribution in [0.1, 0.15) is 45.1 Å². The Morgan fingerprint density at radius 1 is 0.844 bits per heavy atom. The van der Waals surface area contributed by atoms with Gasteiger partial charge in [0.05, 0.1) is 12.5 Å². The molecule has 0 aliphatic carbocycles. The van der Waals surface area contributed by atoms with E-state index < -0.39 is 36.4 Å². The van der Waals surface area contributed by atoms with Crippen molar-refractivity contribution in [3.8, 4) is 0 Å². The van der Waals surface area contributed by atoms with Gasteiger partial charge in [0, 0.05) is 43.3 Å². The topological polar surface area (TPSA) is 135 Å². The normalized spacial score (nSPS) is 22.7. The van der Waals surface area contributed by atoms with Crippen molar-refractivity contribution < 1.29 is 73.6 Å². The summed E-state index contributed by atoms with van der Waals surface area (Å²) in [5.74, 6) is -7.42. The molecule has 3 fully saturated rings. The highest BCUT2D eigenvalue weighted by molar-refractivity contribution is 5.73. The fourth-order valence-electron chi connectivity index (χ4n) is 5.48. The van der Waals surface area contributed by atoms with Crippen molar-refractivity contribution in [3.05, 3.63) is 24.2 Å². The van der Waals surface area contributed by atoms with Crippen LogP contribution in [0.4, 0.5) is 39.5 Å². The number of carboxylic acid groups (broad SMARTS) is 3. The van der Waals surface area contributed by atoms with Crippen LogP contribution in [0, 0.1) is 5.92 Å². The number of nitrogens with zero attached hydrogens (tertiary/aromatic N) is 3. The molecule has 1 aromatic heterocycles. The molecular formula is C26H36F9N3O7. The van der Waals surface area contributed by atoms with Crippen molar-refractivity contribution in [3.63, 3.8) is 0 Å². The van der Waals surface area contributed by atoms with Gasteiger partial charge >= 0.3 is 36.4 Å². The Hall–Kier alpha value is -3.06. The summed E-state index contributed by atoms with van der Waals surface area (Å²) in [5, 5.41) is 21.4. The molecule has 0 unspecified atom stereocenters. The number of fused-ring (bicyclic) bond motifs is 1. The zero-order valence-electron chi connectivity index (χ0n) is 24.3. The highest BCUT2D eigenvalue weighted by Crippen LogP contribution is 2.38. The van der Waals surface area contributed by atoms with E-state index in [1.54, 1.807) is 6.26 Å². The monoisotopic (exact) mass is 673 g/mol. The van der Waals surface area contributed by atoms with E-state index in [1.165, 1.54) is 64.0 Å². The van der Waals surface area contributed by atoms with Crippen LogP contribution in [0.5, 0.6) is 0 Å². The van der Waals surface area contributed by atoms with Crippen molar-refractivity contribution in [2.75, 3.05) is 32.7 Å². The van der Waals surface area contributed by atoms with Crippen LogP contribution in [0.15, 0.2) is 23.0 Å². The molecule has 0 saturated carbocycles. The number of likely N-dealkylation sites (tertiary alicyclic amines) is 3. The molecule has 3 saturated heterocycles. The molecule has 3 atom stereocenters. The molecule has 4 heterocycles.